The Morgan fingerprint density at radius 1 is 0.629 bits per heavy atom. The molecule has 4 unspecified atom stereocenters. The number of hydrogen-bond donors (Lipinski definition) is 3. The third kappa shape index (κ3) is 19.2. The van der Waals surface area contributed by atoms with Crippen LogP contribution in [0.1, 0.15) is 150 Å². The highest BCUT2D eigenvalue weighted by Gasteiger charge is 2.32. The van der Waals surface area contributed by atoms with E-state index in [0.29, 0.717) is 25.9 Å². The van der Waals surface area contributed by atoms with Crippen molar-refractivity contribution in [3.8, 4) is 0 Å². The van der Waals surface area contributed by atoms with Gasteiger partial charge in [0.05, 0.1) is 12.2 Å². The fourth-order valence-corrected chi connectivity index (χ4v) is 5.04. The van der Waals surface area contributed by atoms with Gasteiger partial charge in [0.25, 0.3) is 0 Å². The molecule has 0 aliphatic heterocycles. The van der Waals surface area contributed by atoms with E-state index in [1.54, 1.807) is 0 Å². The van der Waals surface area contributed by atoms with Crippen LogP contribution in [0.15, 0.2) is 0 Å². The number of unbranched alkanes of at least 4 members (excludes halogenated alkanes) is 14. The molecule has 5 heteroatoms. The number of carbonyl (C=O) groups is 1. The van der Waals surface area contributed by atoms with Gasteiger partial charge in [0.1, 0.15) is 6.04 Å². The highest BCUT2D eigenvalue weighted by molar-refractivity contribution is 5.73. The summed E-state index contributed by atoms with van der Waals surface area (Å²) in [7, 11) is 0. The predicted molar refractivity (Wildman–Crippen MR) is 149 cm³/mol. The molecule has 210 valence electrons. The average molecular weight is 500 g/mol. The van der Waals surface area contributed by atoms with Crippen molar-refractivity contribution in [2.24, 2.45) is 5.92 Å². The van der Waals surface area contributed by atoms with Crippen molar-refractivity contribution in [2.75, 3.05) is 13.1 Å². The maximum Gasteiger partial charge on any atom is 0.321 e. The monoisotopic (exact) mass is 499 g/mol. The summed E-state index contributed by atoms with van der Waals surface area (Å²) in [5.74, 6) is -0.879. The number of aliphatic carboxylic acids is 1. The molecule has 0 amide bonds. The molecule has 0 spiro atoms. The van der Waals surface area contributed by atoms with Crippen LogP contribution in [0, 0.1) is 5.92 Å². The number of nitrogens with zero attached hydrogens (tertiary/aromatic N) is 1. The minimum Gasteiger partial charge on any atom is -0.480 e. The first-order chi connectivity index (χ1) is 16.9. The summed E-state index contributed by atoms with van der Waals surface area (Å²) in [5, 5.41) is 31.4. The van der Waals surface area contributed by atoms with E-state index < -0.39 is 24.2 Å². The van der Waals surface area contributed by atoms with Gasteiger partial charge in [0, 0.05) is 13.1 Å². The SMILES string of the molecule is CCCCCCCCCCC(O)CN(CC(O)CCCCCCCCCC)C(C(=O)O)C(C)CC. The smallest absolute Gasteiger partial charge is 0.321 e. The number of aliphatic hydroxyl groups is 2. The van der Waals surface area contributed by atoms with Crippen molar-refractivity contribution in [1.82, 2.24) is 4.90 Å². The van der Waals surface area contributed by atoms with Gasteiger partial charge in [-0.25, -0.2) is 0 Å². The van der Waals surface area contributed by atoms with Gasteiger partial charge in [-0.05, 0) is 18.8 Å². The van der Waals surface area contributed by atoms with Gasteiger partial charge < -0.3 is 15.3 Å². The number of carboxylic acids is 1. The van der Waals surface area contributed by atoms with Crippen molar-refractivity contribution in [2.45, 2.75) is 168 Å². The van der Waals surface area contributed by atoms with Crippen LogP contribution < -0.4 is 0 Å². The summed E-state index contributed by atoms with van der Waals surface area (Å²) in [6.45, 7) is 9.08. The summed E-state index contributed by atoms with van der Waals surface area (Å²) in [6.07, 6.45) is 20.6. The van der Waals surface area contributed by atoms with E-state index >= 15 is 0 Å². The molecule has 3 N–H and O–H groups in total. The van der Waals surface area contributed by atoms with E-state index in [-0.39, 0.29) is 5.92 Å². The molecule has 0 bridgehead atoms. The second-order valence-corrected chi connectivity index (χ2v) is 11.0. The number of aliphatic hydroxyl groups excluding tert-OH is 2. The van der Waals surface area contributed by atoms with Gasteiger partial charge in [-0.1, -0.05) is 137 Å². The first-order valence-corrected chi connectivity index (χ1v) is 15.2. The van der Waals surface area contributed by atoms with Crippen molar-refractivity contribution < 1.29 is 20.1 Å². The third-order valence-corrected chi connectivity index (χ3v) is 7.50. The van der Waals surface area contributed by atoms with Crippen molar-refractivity contribution in [3.05, 3.63) is 0 Å². The molecular formula is C30H61NO4. The predicted octanol–water partition coefficient (Wildman–Crippen LogP) is 7.57. The lowest BCUT2D eigenvalue weighted by molar-refractivity contribution is -0.146. The molecule has 0 rings (SSSR count). The molecule has 0 heterocycles. The lowest BCUT2D eigenvalue weighted by atomic mass is 9.96. The lowest BCUT2D eigenvalue weighted by Gasteiger charge is -2.35. The quantitative estimate of drug-likeness (QED) is 0.107. The summed E-state index contributed by atoms with van der Waals surface area (Å²) >= 11 is 0. The van der Waals surface area contributed by atoms with Crippen LogP contribution in [0.5, 0.6) is 0 Å². The Balaban J connectivity index is 4.54. The Morgan fingerprint density at radius 2 is 0.971 bits per heavy atom. The molecule has 0 aliphatic carbocycles. The topological polar surface area (TPSA) is 81.0 Å². The van der Waals surface area contributed by atoms with Crippen LogP contribution in [-0.2, 0) is 4.79 Å². The summed E-state index contributed by atoms with van der Waals surface area (Å²) in [5.41, 5.74) is 0. The second-order valence-electron chi connectivity index (χ2n) is 11.0. The number of carboxylic acid groups (broad SMARTS) is 1. The van der Waals surface area contributed by atoms with Crippen LogP contribution in [0.3, 0.4) is 0 Å². The molecule has 0 saturated carbocycles. The van der Waals surface area contributed by atoms with Gasteiger partial charge in [-0.3, -0.25) is 9.69 Å². The highest BCUT2D eigenvalue weighted by atomic mass is 16.4. The molecule has 0 aliphatic rings. The number of hydrogen-bond acceptors (Lipinski definition) is 4. The number of rotatable bonds is 26. The fraction of sp³-hybridized carbons (Fsp3) is 0.967. The Labute approximate surface area is 218 Å². The molecule has 0 aromatic carbocycles. The Kier molecular flexibility index (Phi) is 23.3. The summed E-state index contributed by atoms with van der Waals surface area (Å²) in [6, 6.07) is -0.665. The summed E-state index contributed by atoms with van der Waals surface area (Å²) in [4.78, 5) is 14.0. The van der Waals surface area contributed by atoms with Crippen LogP contribution >= 0.6 is 0 Å². The van der Waals surface area contributed by atoms with Crippen molar-refractivity contribution in [3.63, 3.8) is 0 Å². The van der Waals surface area contributed by atoms with Crippen molar-refractivity contribution in [1.29, 1.82) is 0 Å². The largest absolute Gasteiger partial charge is 0.480 e. The first-order valence-electron chi connectivity index (χ1n) is 15.2. The molecule has 4 atom stereocenters. The molecule has 0 saturated heterocycles. The molecule has 35 heavy (non-hydrogen) atoms. The molecule has 5 nitrogen and oxygen atoms in total. The minimum atomic E-state index is -0.849. The van der Waals surface area contributed by atoms with Crippen LogP contribution in [0.4, 0.5) is 0 Å². The zero-order chi connectivity index (χ0) is 26.3. The average Bonchev–Trinajstić information content (AvgIpc) is 2.82. The molecule has 0 aromatic heterocycles. The van der Waals surface area contributed by atoms with E-state index in [0.717, 1.165) is 32.1 Å². The Bertz CT molecular complexity index is 445. The van der Waals surface area contributed by atoms with Gasteiger partial charge in [0.15, 0.2) is 0 Å². The molecule has 0 fully saturated rings. The summed E-state index contributed by atoms with van der Waals surface area (Å²) < 4.78 is 0. The highest BCUT2D eigenvalue weighted by Crippen LogP contribution is 2.19. The van der Waals surface area contributed by atoms with E-state index in [1.165, 1.54) is 77.0 Å². The van der Waals surface area contributed by atoms with Gasteiger partial charge in [0.2, 0.25) is 0 Å². The van der Waals surface area contributed by atoms with E-state index in [1.807, 2.05) is 18.7 Å². The van der Waals surface area contributed by atoms with E-state index in [9.17, 15) is 20.1 Å². The second kappa shape index (κ2) is 23.7. The zero-order valence-corrected chi connectivity index (χ0v) is 23.9. The standard InChI is InChI=1S/C30H61NO4/c1-5-8-10-12-14-16-18-20-22-27(32)24-31(29(30(34)35)26(4)7-3)25-28(33)23-21-19-17-15-13-11-9-6-2/h26-29,32-33H,5-25H2,1-4H3,(H,34,35). The minimum absolute atomic E-state index is 0.0295. The van der Waals surface area contributed by atoms with Crippen LogP contribution in [0.2, 0.25) is 0 Å². The lowest BCUT2D eigenvalue weighted by Crippen LogP contribution is -2.51. The maximum absolute atomic E-state index is 12.1. The molecule has 0 radical (unpaired) electrons. The maximum atomic E-state index is 12.1. The van der Waals surface area contributed by atoms with Gasteiger partial charge in [-0.2, -0.15) is 0 Å². The zero-order valence-electron chi connectivity index (χ0n) is 23.9. The van der Waals surface area contributed by atoms with Crippen molar-refractivity contribution >= 4 is 5.97 Å². The fourth-order valence-electron chi connectivity index (χ4n) is 5.04. The first kappa shape index (κ1) is 34.4. The normalized spacial score (nSPS) is 15.3. The van der Waals surface area contributed by atoms with E-state index in [4.69, 9.17) is 0 Å². The Hall–Kier alpha value is -0.650. The van der Waals surface area contributed by atoms with Gasteiger partial charge in [-0.15, -0.1) is 0 Å². The Morgan fingerprint density at radius 3 is 1.29 bits per heavy atom. The van der Waals surface area contributed by atoms with Crippen LogP contribution in [-0.4, -0.2) is 57.5 Å². The van der Waals surface area contributed by atoms with Gasteiger partial charge >= 0.3 is 5.97 Å². The molecular weight excluding hydrogens is 438 g/mol. The van der Waals surface area contributed by atoms with Crippen LogP contribution in [0.25, 0.3) is 0 Å². The van der Waals surface area contributed by atoms with E-state index in [2.05, 4.69) is 13.8 Å². The third-order valence-electron chi connectivity index (χ3n) is 7.50. The molecule has 0 aromatic rings.